The smallest absolute Gasteiger partial charge is 0.171 e. The topological polar surface area (TPSA) is 39.2 Å². The molecule has 2 rings (SSSR count). The van der Waals surface area contributed by atoms with E-state index < -0.39 is 5.60 Å². The van der Waals surface area contributed by atoms with Gasteiger partial charge in [0.25, 0.3) is 0 Å². The van der Waals surface area contributed by atoms with Crippen molar-refractivity contribution in [3.05, 3.63) is 29.3 Å². The molecule has 2 aromatic rings. The Morgan fingerprint density at radius 1 is 1.25 bits per heavy atom. The van der Waals surface area contributed by atoms with Gasteiger partial charge < -0.3 is 4.74 Å². The Labute approximate surface area is 124 Å². The lowest BCUT2D eigenvalue weighted by molar-refractivity contribution is -0.144. The number of ether oxygens (including phenoxy) is 1. The van der Waals surface area contributed by atoms with Gasteiger partial charge in [0.2, 0.25) is 0 Å². The molecule has 20 heavy (non-hydrogen) atoms. The third-order valence-electron chi connectivity index (χ3n) is 3.72. The number of nitrogens with zero attached hydrogens (tertiary/aromatic N) is 1. The van der Waals surface area contributed by atoms with Crippen LogP contribution in [0.25, 0.3) is 10.2 Å². The van der Waals surface area contributed by atoms with E-state index in [0.29, 0.717) is 25.9 Å². The van der Waals surface area contributed by atoms with Crippen LogP contribution in [-0.4, -0.2) is 23.0 Å². The van der Waals surface area contributed by atoms with Gasteiger partial charge in [-0.3, -0.25) is 4.79 Å². The van der Waals surface area contributed by atoms with Crippen molar-refractivity contribution < 1.29 is 9.53 Å². The number of Topliss-reactive ketones (excluding diaryl/α,β-unsaturated/α-hetero) is 1. The first-order chi connectivity index (χ1) is 9.65. The first-order valence-electron chi connectivity index (χ1n) is 7.17. The van der Waals surface area contributed by atoms with Crippen molar-refractivity contribution in [2.24, 2.45) is 0 Å². The minimum absolute atomic E-state index is 0.142. The molecule has 0 saturated carbocycles. The van der Waals surface area contributed by atoms with Gasteiger partial charge in [-0.15, -0.1) is 11.3 Å². The minimum Gasteiger partial charge on any atom is -0.368 e. The van der Waals surface area contributed by atoms with Crippen LogP contribution in [-0.2, 0) is 16.0 Å². The molecule has 0 N–H and O–H groups in total. The Balaban J connectivity index is 2.21. The molecule has 0 atom stereocenters. The molecule has 0 amide bonds. The van der Waals surface area contributed by atoms with Crippen molar-refractivity contribution in [2.75, 3.05) is 6.61 Å². The van der Waals surface area contributed by atoms with Crippen LogP contribution in [0.1, 0.15) is 38.6 Å². The molecule has 1 heterocycles. The number of para-hydroxylation sites is 1. The fourth-order valence-electron chi connectivity index (χ4n) is 2.50. The molecule has 3 nitrogen and oxygen atoms in total. The van der Waals surface area contributed by atoms with Gasteiger partial charge in [-0.05, 0) is 31.9 Å². The summed E-state index contributed by atoms with van der Waals surface area (Å²) in [4.78, 5) is 17.1. The maximum Gasteiger partial charge on any atom is 0.171 e. The SMILES string of the molecule is CCOC(CC)(CC)C(=O)Cc1nc2ccccc2s1. The molecule has 0 bridgehead atoms. The normalized spacial score (nSPS) is 11.9. The van der Waals surface area contributed by atoms with E-state index in [9.17, 15) is 4.79 Å². The second kappa shape index (κ2) is 6.46. The summed E-state index contributed by atoms with van der Waals surface area (Å²) in [6.07, 6.45) is 1.78. The number of carbonyl (C=O) groups excluding carboxylic acids is 1. The molecule has 0 fully saturated rings. The Hall–Kier alpha value is -1.26. The molecular weight excluding hydrogens is 270 g/mol. The van der Waals surface area contributed by atoms with Crippen molar-refractivity contribution in [2.45, 2.75) is 45.6 Å². The number of thiazole rings is 1. The summed E-state index contributed by atoms with van der Waals surface area (Å²) < 4.78 is 6.89. The summed E-state index contributed by atoms with van der Waals surface area (Å²) >= 11 is 1.59. The van der Waals surface area contributed by atoms with Crippen LogP contribution in [0.5, 0.6) is 0 Å². The van der Waals surface area contributed by atoms with Gasteiger partial charge in [0.15, 0.2) is 5.78 Å². The third-order valence-corrected chi connectivity index (χ3v) is 4.76. The number of benzene rings is 1. The van der Waals surface area contributed by atoms with E-state index in [1.807, 2.05) is 45.0 Å². The summed E-state index contributed by atoms with van der Waals surface area (Å²) in [6, 6.07) is 7.98. The van der Waals surface area contributed by atoms with Gasteiger partial charge in [0.05, 0.1) is 16.6 Å². The minimum atomic E-state index is -0.646. The highest BCUT2D eigenvalue weighted by atomic mass is 32.1. The molecule has 0 spiro atoms. The maximum atomic E-state index is 12.6. The fraction of sp³-hybridized carbons (Fsp3) is 0.500. The second-order valence-corrected chi connectivity index (χ2v) is 5.92. The monoisotopic (exact) mass is 291 g/mol. The quantitative estimate of drug-likeness (QED) is 0.774. The number of hydrogen-bond donors (Lipinski definition) is 0. The second-order valence-electron chi connectivity index (χ2n) is 4.81. The largest absolute Gasteiger partial charge is 0.368 e. The van der Waals surface area contributed by atoms with Crippen LogP contribution < -0.4 is 0 Å². The summed E-state index contributed by atoms with van der Waals surface area (Å²) in [5.41, 5.74) is 0.322. The first-order valence-corrected chi connectivity index (χ1v) is 7.98. The lowest BCUT2D eigenvalue weighted by atomic mass is 9.90. The van der Waals surface area contributed by atoms with Crippen molar-refractivity contribution in [3.8, 4) is 0 Å². The first kappa shape index (κ1) is 15.1. The van der Waals surface area contributed by atoms with Crippen LogP contribution in [0, 0.1) is 0 Å². The lowest BCUT2D eigenvalue weighted by Crippen LogP contribution is -2.41. The summed E-state index contributed by atoms with van der Waals surface area (Å²) in [5, 5.41) is 0.877. The summed E-state index contributed by atoms with van der Waals surface area (Å²) in [5.74, 6) is 0.142. The highest BCUT2D eigenvalue weighted by Crippen LogP contribution is 2.27. The molecule has 0 aliphatic carbocycles. The Morgan fingerprint density at radius 2 is 1.95 bits per heavy atom. The molecular formula is C16H21NO2S. The molecule has 0 aliphatic rings. The standard InChI is InChI=1S/C16H21NO2S/c1-4-16(5-2,19-6-3)14(18)11-15-17-12-9-7-8-10-13(12)20-15/h7-10H,4-6,11H2,1-3H3. The zero-order chi connectivity index (χ0) is 14.6. The predicted octanol–water partition coefficient (Wildman–Crippen LogP) is 4.00. The number of carbonyl (C=O) groups is 1. The Morgan fingerprint density at radius 3 is 2.55 bits per heavy atom. The van der Waals surface area contributed by atoms with Gasteiger partial charge in [0.1, 0.15) is 10.6 Å². The Kier molecular flexibility index (Phi) is 4.89. The third kappa shape index (κ3) is 2.91. The van der Waals surface area contributed by atoms with Crippen molar-refractivity contribution in [1.82, 2.24) is 4.98 Å². The average Bonchev–Trinajstić information content (AvgIpc) is 2.86. The van der Waals surface area contributed by atoms with E-state index in [0.717, 1.165) is 15.2 Å². The van der Waals surface area contributed by atoms with E-state index in [1.165, 1.54) is 0 Å². The van der Waals surface area contributed by atoms with Crippen LogP contribution in [0.15, 0.2) is 24.3 Å². The molecule has 0 aliphatic heterocycles. The van der Waals surface area contributed by atoms with Gasteiger partial charge in [-0.25, -0.2) is 4.98 Å². The summed E-state index contributed by atoms with van der Waals surface area (Å²) in [7, 11) is 0. The molecule has 108 valence electrons. The van der Waals surface area contributed by atoms with Gasteiger partial charge >= 0.3 is 0 Å². The molecule has 0 radical (unpaired) electrons. The predicted molar refractivity (Wildman–Crippen MR) is 83.3 cm³/mol. The molecule has 1 aromatic heterocycles. The zero-order valence-corrected chi connectivity index (χ0v) is 13.1. The van der Waals surface area contributed by atoms with Gasteiger partial charge in [-0.1, -0.05) is 26.0 Å². The van der Waals surface area contributed by atoms with Crippen molar-refractivity contribution in [1.29, 1.82) is 0 Å². The van der Waals surface area contributed by atoms with E-state index in [2.05, 4.69) is 4.98 Å². The molecule has 4 heteroatoms. The van der Waals surface area contributed by atoms with E-state index in [4.69, 9.17) is 4.74 Å². The average molecular weight is 291 g/mol. The highest BCUT2D eigenvalue weighted by Gasteiger charge is 2.35. The fourth-order valence-corrected chi connectivity index (χ4v) is 3.47. The number of hydrogen-bond acceptors (Lipinski definition) is 4. The summed E-state index contributed by atoms with van der Waals surface area (Å²) in [6.45, 7) is 6.52. The van der Waals surface area contributed by atoms with Crippen LogP contribution in [0.4, 0.5) is 0 Å². The number of rotatable bonds is 7. The van der Waals surface area contributed by atoms with E-state index >= 15 is 0 Å². The number of fused-ring (bicyclic) bond motifs is 1. The lowest BCUT2D eigenvalue weighted by Gasteiger charge is -2.29. The van der Waals surface area contributed by atoms with Crippen LogP contribution in [0.3, 0.4) is 0 Å². The maximum absolute atomic E-state index is 12.6. The van der Waals surface area contributed by atoms with Crippen molar-refractivity contribution >= 4 is 27.3 Å². The van der Waals surface area contributed by atoms with E-state index in [-0.39, 0.29) is 5.78 Å². The highest BCUT2D eigenvalue weighted by molar-refractivity contribution is 7.18. The number of ketones is 1. The molecule has 0 unspecified atom stereocenters. The molecule has 1 aromatic carbocycles. The van der Waals surface area contributed by atoms with Gasteiger partial charge in [-0.2, -0.15) is 0 Å². The van der Waals surface area contributed by atoms with E-state index in [1.54, 1.807) is 11.3 Å². The number of aromatic nitrogens is 1. The van der Waals surface area contributed by atoms with Crippen molar-refractivity contribution in [3.63, 3.8) is 0 Å². The Bertz CT molecular complexity index is 554. The molecule has 0 saturated heterocycles. The van der Waals surface area contributed by atoms with Gasteiger partial charge in [0, 0.05) is 6.61 Å². The van der Waals surface area contributed by atoms with Crippen LogP contribution >= 0.6 is 11.3 Å². The van der Waals surface area contributed by atoms with Crippen LogP contribution in [0.2, 0.25) is 0 Å². The zero-order valence-electron chi connectivity index (χ0n) is 12.3.